The van der Waals surface area contributed by atoms with Gasteiger partial charge in [-0.3, -0.25) is 0 Å². The van der Waals surface area contributed by atoms with Crippen molar-refractivity contribution in [1.82, 2.24) is 4.90 Å². The minimum Gasteiger partial charge on any atom is -0.463 e. The first kappa shape index (κ1) is 24.6. The summed E-state index contributed by atoms with van der Waals surface area (Å²) in [4.78, 5) is 23.3. The number of esters is 2. The van der Waals surface area contributed by atoms with E-state index in [1.54, 1.807) is 6.92 Å². The molecule has 0 aliphatic carbocycles. The third-order valence-electron chi connectivity index (χ3n) is 2.96. The molecule has 0 radical (unpaired) electrons. The minimum absolute atomic E-state index is 0.313. The molecule has 0 aromatic rings. The summed E-state index contributed by atoms with van der Waals surface area (Å²) in [6, 6.07) is 0. The zero-order valence-corrected chi connectivity index (χ0v) is 16.1. The van der Waals surface area contributed by atoms with E-state index < -0.39 is 0 Å². The molecular weight excluding hydrogens is 306 g/mol. The molecule has 0 aliphatic heterocycles. The van der Waals surface area contributed by atoms with Crippen LogP contribution in [-0.2, 0) is 19.1 Å². The molecule has 5 nitrogen and oxygen atoms in total. The fraction of sp³-hybridized carbons (Fsp3) is 0.684. The summed E-state index contributed by atoms with van der Waals surface area (Å²) in [6.45, 7) is 14.6. The summed E-state index contributed by atoms with van der Waals surface area (Å²) >= 11 is 0. The Balaban J connectivity index is 0. The van der Waals surface area contributed by atoms with E-state index in [0.29, 0.717) is 18.8 Å². The summed E-state index contributed by atoms with van der Waals surface area (Å²) in [5.41, 5.74) is 0.448. The predicted molar refractivity (Wildman–Crippen MR) is 98.8 cm³/mol. The molecule has 0 unspecified atom stereocenters. The molecule has 0 amide bonds. The number of rotatable bonds is 11. The van der Waals surface area contributed by atoms with E-state index in [1.807, 2.05) is 19.0 Å². The van der Waals surface area contributed by atoms with Crippen LogP contribution in [0.4, 0.5) is 0 Å². The quantitative estimate of drug-likeness (QED) is 0.326. The second-order valence-corrected chi connectivity index (χ2v) is 6.33. The van der Waals surface area contributed by atoms with Crippen LogP contribution in [0.2, 0.25) is 0 Å². The maximum absolute atomic E-state index is 10.8. The Bertz CT molecular complexity index is 376. The minimum atomic E-state index is -0.316. The van der Waals surface area contributed by atoms with Gasteiger partial charge in [-0.15, -0.1) is 0 Å². The van der Waals surface area contributed by atoms with Gasteiger partial charge < -0.3 is 14.4 Å². The normalized spacial score (nSPS) is 9.96. The highest BCUT2D eigenvalue weighted by atomic mass is 16.5. The monoisotopic (exact) mass is 341 g/mol. The topological polar surface area (TPSA) is 55.8 Å². The lowest BCUT2D eigenvalue weighted by Crippen LogP contribution is -2.20. The van der Waals surface area contributed by atoms with E-state index >= 15 is 0 Å². The molecule has 0 bridgehead atoms. The average molecular weight is 341 g/mol. The summed E-state index contributed by atoms with van der Waals surface area (Å²) in [5.74, 6) is 0.145. The highest BCUT2D eigenvalue weighted by Crippen LogP contribution is 2.07. The first-order chi connectivity index (χ1) is 11.2. The molecule has 0 saturated carbocycles. The van der Waals surface area contributed by atoms with Gasteiger partial charge in [-0.05, 0) is 33.4 Å². The molecule has 0 N–H and O–H groups in total. The van der Waals surface area contributed by atoms with E-state index in [2.05, 4.69) is 27.0 Å². The van der Waals surface area contributed by atoms with Crippen molar-refractivity contribution in [2.24, 2.45) is 5.92 Å². The number of nitrogens with zero attached hydrogens (tertiary/aromatic N) is 1. The van der Waals surface area contributed by atoms with E-state index in [4.69, 9.17) is 9.47 Å². The van der Waals surface area contributed by atoms with Crippen LogP contribution in [0.5, 0.6) is 0 Å². The van der Waals surface area contributed by atoms with Crippen molar-refractivity contribution in [1.29, 1.82) is 0 Å². The maximum atomic E-state index is 10.8. The van der Waals surface area contributed by atoms with E-state index in [0.717, 1.165) is 25.3 Å². The lowest BCUT2D eigenvalue weighted by atomic mass is 10.1. The molecule has 0 spiro atoms. The van der Waals surface area contributed by atoms with Crippen molar-refractivity contribution in [3.8, 4) is 0 Å². The van der Waals surface area contributed by atoms with Crippen LogP contribution in [0, 0.1) is 5.92 Å². The summed E-state index contributed by atoms with van der Waals surface area (Å²) in [5, 5.41) is 0. The largest absolute Gasteiger partial charge is 0.463 e. The van der Waals surface area contributed by atoms with Gasteiger partial charge >= 0.3 is 11.9 Å². The van der Waals surface area contributed by atoms with Crippen molar-refractivity contribution in [2.45, 2.75) is 46.5 Å². The summed E-state index contributed by atoms with van der Waals surface area (Å²) in [6.07, 6.45) is 5.79. The number of unbranched alkanes of at least 4 members (excludes halogenated alkanes) is 2. The van der Waals surface area contributed by atoms with Gasteiger partial charge in [0.05, 0.1) is 6.61 Å². The smallest absolute Gasteiger partial charge is 0.333 e. The third kappa shape index (κ3) is 20.4. The number of ether oxygens (including phenoxy) is 2. The summed E-state index contributed by atoms with van der Waals surface area (Å²) in [7, 11) is 3.85. The van der Waals surface area contributed by atoms with Crippen LogP contribution in [0.15, 0.2) is 24.8 Å². The number of carbonyl (C=O) groups is 2. The fourth-order valence-corrected chi connectivity index (χ4v) is 1.51. The standard InChI is InChI=1S/C11H20O2.C8H15NO2/c1-4-11(12)13-9-7-5-6-8-10(2)3;1-7(2)8(10)11-6-5-9(3)4/h4,10H,1,5-9H2,2-3H3;1,5-6H2,2-4H3. The van der Waals surface area contributed by atoms with Crippen molar-refractivity contribution in [2.75, 3.05) is 33.9 Å². The van der Waals surface area contributed by atoms with Gasteiger partial charge in [-0.2, -0.15) is 0 Å². The van der Waals surface area contributed by atoms with Crippen LogP contribution in [0.1, 0.15) is 46.5 Å². The third-order valence-corrected chi connectivity index (χ3v) is 2.96. The second kappa shape index (κ2) is 16.2. The van der Waals surface area contributed by atoms with Gasteiger partial charge in [0, 0.05) is 18.2 Å². The Morgan fingerprint density at radius 3 is 2.17 bits per heavy atom. The van der Waals surface area contributed by atoms with Crippen LogP contribution >= 0.6 is 0 Å². The van der Waals surface area contributed by atoms with Crippen LogP contribution in [0.3, 0.4) is 0 Å². The lowest BCUT2D eigenvalue weighted by molar-refractivity contribution is -0.139. The number of hydrogen-bond acceptors (Lipinski definition) is 5. The van der Waals surface area contributed by atoms with Crippen LogP contribution in [0.25, 0.3) is 0 Å². The molecule has 0 atom stereocenters. The predicted octanol–water partition coefficient (Wildman–Crippen LogP) is 3.60. The van der Waals surface area contributed by atoms with Gasteiger partial charge in [0.25, 0.3) is 0 Å². The Hall–Kier alpha value is -1.62. The first-order valence-corrected chi connectivity index (χ1v) is 8.47. The zero-order valence-electron chi connectivity index (χ0n) is 16.1. The van der Waals surface area contributed by atoms with Crippen molar-refractivity contribution >= 4 is 11.9 Å². The molecule has 0 fully saturated rings. The van der Waals surface area contributed by atoms with Gasteiger partial charge in [-0.25, -0.2) is 9.59 Å². The molecule has 0 aromatic heterocycles. The zero-order chi connectivity index (χ0) is 19.0. The molecular formula is C19H35NO4. The molecule has 0 saturated heterocycles. The molecule has 0 aromatic carbocycles. The molecule has 5 heteroatoms. The Kier molecular flexibility index (Phi) is 16.7. The van der Waals surface area contributed by atoms with E-state index in [9.17, 15) is 9.59 Å². The number of hydrogen-bond donors (Lipinski definition) is 0. The Morgan fingerprint density at radius 2 is 1.71 bits per heavy atom. The molecule has 0 heterocycles. The Labute approximate surface area is 147 Å². The molecule has 140 valence electrons. The van der Waals surface area contributed by atoms with Crippen LogP contribution < -0.4 is 0 Å². The van der Waals surface area contributed by atoms with Crippen LogP contribution in [-0.4, -0.2) is 50.7 Å². The van der Waals surface area contributed by atoms with E-state index in [1.165, 1.54) is 18.9 Å². The fourth-order valence-electron chi connectivity index (χ4n) is 1.51. The number of carbonyl (C=O) groups excluding carboxylic acids is 2. The average Bonchev–Trinajstić information content (AvgIpc) is 2.50. The molecule has 0 aliphatic rings. The van der Waals surface area contributed by atoms with Crippen molar-refractivity contribution < 1.29 is 19.1 Å². The summed E-state index contributed by atoms with van der Waals surface area (Å²) < 4.78 is 9.68. The molecule has 0 rings (SSSR count). The maximum Gasteiger partial charge on any atom is 0.333 e. The number of likely N-dealkylation sites (N-methyl/N-ethyl adjacent to an activating group) is 1. The van der Waals surface area contributed by atoms with Crippen molar-refractivity contribution in [3.05, 3.63) is 24.8 Å². The van der Waals surface area contributed by atoms with E-state index in [-0.39, 0.29) is 11.9 Å². The SMILES string of the molecule is C=C(C)C(=O)OCCN(C)C.C=CC(=O)OCCCCCC(C)C. The van der Waals surface area contributed by atoms with Crippen molar-refractivity contribution in [3.63, 3.8) is 0 Å². The highest BCUT2D eigenvalue weighted by Gasteiger charge is 2.01. The highest BCUT2D eigenvalue weighted by molar-refractivity contribution is 5.86. The second-order valence-electron chi connectivity index (χ2n) is 6.33. The lowest BCUT2D eigenvalue weighted by Gasteiger charge is -2.09. The van der Waals surface area contributed by atoms with Gasteiger partial charge in [0.1, 0.15) is 6.61 Å². The first-order valence-electron chi connectivity index (χ1n) is 8.47. The molecule has 24 heavy (non-hydrogen) atoms. The van der Waals surface area contributed by atoms with Gasteiger partial charge in [-0.1, -0.05) is 46.3 Å². The Morgan fingerprint density at radius 1 is 1.08 bits per heavy atom. The van der Waals surface area contributed by atoms with Gasteiger partial charge in [0.15, 0.2) is 0 Å². The van der Waals surface area contributed by atoms with Gasteiger partial charge in [0.2, 0.25) is 0 Å².